The van der Waals surface area contributed by atoms with Crippen LogP contribution in [-0.2, 0) is 9.53 Å². The number of hydrogen-bond acceptors (Lipinski definition) is 5. The van der Waals surface area contributed by atoms with Crippen molar-refractivity contribution >= 4 is 29.2 Å². The van der Waals surface area contributed by atoms with E-state index in [4.69, 9.17) is 26.8 Å². The van der Waals surface area contributed by atoms with Gasteiger partial charge in [-0.2, -0.15) is 0 Å². The van der Waals surface area contributed by atoms with E-state index in [1.165, 1.54) is 19.2 Å². The lowest BCUT2D eigenvalue weighted by atomic mass is 10.0. The van der Waals surface area contributed by atoms with Crippen LogP contribution in [-0.4, -0.2) is 43.1 Å². The predicted molar refractivity (Wildman–Crippen MR) is 87.7 cm³/mol. The topological polar surface area (TPSA) is 81.9 Å². The fraction of sp³-hybridized carbons (Fsp3) is 0.500. The zero-order valence-corrected chi connectivity index (χ0v) is 14.1. The molecule has 1 saturated heterocycles. The molecule has 1 atom stereocenters. The Morgan fingerprint density at radius 1 is 1.39 bits per heavy atom. The van der Waals surface area contributed by atoms with Crippen LogP contribution in [0.1, 0.15) is 36.5 Å². The van der Waals surface area contributed by atoms with Crippen molar-refractivity contribution < 1.29 is 19.1 Å². The lowest BCUT2D eigenvalue weighted by Gasteiger charge is -2.33. The Bertz CT molecular complexity index is 606. The van der Waals surface area contributed by atoms with E-state index in [1.807, 2.05) is 6.92 Å². The first kappa shape index (κ1) is 17.4. The second-order valence-corrected chi connectivity index (χ2v) is 5.99. The number of esters is 1. The number of nitrogens with two attached hydrogens (primary N) is 1. The fourth-order valence-electron chi connectivity index (χ4n) is 2.65. The number of hydrogen-bond donors (Lipinski definition) is 1. The molecule has 0 aliphatic carbocycles. The standard InChI is InChI=1S/C16H21ClN2O4/c1-10-5-3-4-6-19(10)15(20)9-23-16(21)11-7-12(17)13(18)8-14(11)22-2/h7-8,10H,3-6,9,18H2,1-2H3/t10-/m1/s1. The Morgan fingerprint density at radius 3 is 2.78 bits per heavy atom. The normalized spacial score (nSPS) is 17.7. The van der Waals surface area contributed by atoms with Gasteiger partial charge in [0.1, 0.15) is 11.3 Å². The van der Waals surface area contributed by atoms with Crippen molar-refractivity contribution in [1.82, 2.24) is 4.90 Å². The highest BCUT2D eigenvalue weighted by Gasteiger charge is 2.25. The van der Waals surface area contributed by atoms with E-state index >= 15 is 0 Å². The van der Waals surface area contributed by atoms with Crippen LogP contribution in [0.15, 0.2) is 12.1 Å². The van der Waals surface area contributed by atoms with E-state index in [-0.39, 0.29) is 34.9 Å². The number of ether oxygens (including phenoxy) is 2. The Balaban J connectivity index is 2.02. The smallest absolute Gasteiger partial charge is 0.342 e. The second kappa shape index (κ2) is 7.55. The molecular formula is C16H21ClN2O4. The summed E-state index contributed by atoms with van der Waals surface area (Å²) in [6.45, 7) is 2.41. The number of carbonyl (C=O) groups excluding carboxylic acids is 2. The minimum Gasteiger partial charge on any atom is -0.496 e. The van der Waals surface area contributed by atoms with Crippen LogP contribution in [0.4, 0.5) is 5.69 Å². The van der Waals surface area contributed by atoms with Crippen LogP contribution in [0, 0.1) is 0 Å². The number of anilines is 1. The number of carbonyl (C=O) groups is 2. The maximum absolute atomic E-state index is 12.2. The Labute approximate surface area is 140 Å². The molecule has 6 nitrogen and oxygen atoms in total. The van der Waals surface area contributed by atoms with Gasteiger partial charge in [0, 0.05) is 18.7 Å². The van der Waals surface area contributed by atoms with Gasteiger partial charge in [-0.15, -0.1) is 0 Å². The van der Waals surface area contributed by atoms with Crippen LogP contribution in [0.2, 0.25) is 5.02 Å². The Kier molecular flexibility index (Phi) is 5.71. The highest BCUT2D eigenvalue weighted by molar-refractivity contribution is 6.33. The van der Waals surface area contributed by atoms with Gasteiger partial charge in [0.05, 0.1) is 17.8 Å². The van der Waals surface area contributed by atoms with Crippen molar-refractivity contribution in [3.8, 4) is 5.75 Å². The third-order valence-electron chi connectivity index (χ3n) is 3.99. The van der Waals surface area contributed by atoms with Crippen LogP contribution in [0.25, 0.3) is 0 Å². The molecule has 23 heavy (non-hydrogen) atoms. The predicted octanol–water partition coefficient (Wildman–Crippen LogP) is 2.49. The van der Waals surface area contributed by atoms with Gasteiger partial charge in [0.25, 0.3) is 5.91 Å². The largest absolute Gasteiger partial charge is 0.496 e. The maximum Gasteiger partial charge on any atom is 0.342 e. The molecule has 0 saturated carbocycles. The molecule has 0 radical (unpaired) electrons. The SMILES string of the molecule is COc1cc(N)c(Cl)cc1C(=O)OCC(=O)N1CCCC[C@H]1C. The molecule has 1 aromatic carbocycles. The summed E-state index contributed by atoms with van der Waals surface area (Å²) in [5.41, 5.74) is 6.12. The van der Waals surface area contributed by atoms with Crippen LogP contribution < -0.4 is 10.5 Å². The molecule has 1 amide bonds. The van der Waals surface area contributed by atoms with Gasteiger partial charge in [-0.1, -0.05) is 11.6 Å². The van der Waals surface area contributed by atoms with Crippen molar-refractivity contribution in [2.24, 2.45) is 0 Å². The summed E-state index contributed by atoms with van der Waals surface area (Å²) in [7, 11) is 1.42. The van der Waals surface area contributed by atoms with Crippen LogP contribution in [0.3, 0.4) is 0 Å². The van der Waals surface area contributed by atoms with Crippen molar-refractivity contribution in [2.75, 3.05) is 26.0 Å². The van der Waals surface area contributed by atoms with Crippen LogP contribution >= 0.6 is 11.6 Å². The number of benzene rings is 1. The van der Waals surface area contributed by atoms with E-state index in [2.05, 4.69) is 0 Å². The zero-order chi connectivity index (χ0) is 17.0. The number of methoxy groups -OCH3 is 1. The molecule has 0 unspecified atom stereocenters. The number of nitrogen functional groups attached to an aromatic ring is 1. The summed E-state index contributed by atoms with van der Waals surface area (Å²) in [4.78, 5) is 26.1. The van der Waals surface area contributed by atoms with Crippen molar-refractivity contribution in [3.05, 3.63) is 22.7 Å². The van der Waals surface area contributed by atoms with Gasteiger partial charge in [0.15, 0.2) is 6.61 Å². The molecule has 1 fully saturated rings. The first-order valence-electron chi connectivity index (χ1n) is 7.53. The maximum atomic E-state index is 12.2. The molecule has 0 spiro atoms. The summed E-state index contributed by atoms with van der Waals surface area (Å²) in [5, 5.41) is 0.230. The van der Waals surface area contributed by atoms with Gasteiger partial charge in [-0.25, -0.2) is 4.79 Å². The van der Waals surface area contributed by atoms with Gasteiger partial charge in [-0.05, 0) is 32.3 Å². The van der Waals surface area contributed by atoms with Gasteiger partial charge < -0.3 is 20.1 Å². The summed E-state index contributed by atoms with van der Waals surface area (Å²) in [6, 6.07) is 3.01. The van der Waals surface area contributed by atoms with Gasteiger partial charge in [-0.3, -0.25) is 4.79 Å². The molecule has 7 heteroatoms. The lowest BCUT2D eigenvalue weighted by molar-refractivity contribution is -0.137. The molecule has 1 aliphatic rings. The molecule has 1 aliphatic heterocycles. The van der Waals surface area contributed by atoms with Gasteiger partial charge >= 0.3 is 5.97 Å². The van der Waals surface area contributed by atoms with Crippen molar-refractivity contribution in [2.45, 2.75) is 32.2 Å². The zero-order valence-electron chi connectivity index (χ0n) is 13.3. The Hall–Kier alpha value is -1.95. The highest BCUT2D eigenvalue weighted by atomic mass is 35.5. The molecule has 126 valence electrons. The summed E-state index contributed by atoms with van der Waals surface area (Å²) in [5.74, 6) is -0.594. The molecule has 0 bridgehead atoms. The molecule has 1 aromatic rings. The third kappa shape index (κ3) is 4.07. The van der Waals surface area contributed by atoms with E-state index in [1.54, 1.807) is 4.90 Å². The summed E-state index contributed by atoms with van der Waals surface area (Å²) in [6.07, 6.45) is 3.07. The summed E-state index contributed by atoms with van der Waals surface area (Å²) < 4.78 is 10.2. The van der Waals surface area contributed by atoms with Crippen molar-refractivity contribution in [3.63, 3.8) is 0 Å². The minimum atomic E-state index is -0.665. The first-order chi connectivity index (χ1) is 10.9. The van der Waals surface area contributed by atoms with Crippen LogP contribution in [0.5, 0.6) is 5.75 Å². The first-order valence-corrected chi connectivity index (χ1v) is 7.91. The average molecular weight is 341 g/mol. The number of nitrogens with zero attached hydrogens (tertiary/aromatic N) is 1. The second-order valence-electron chi connectivity index (χ2n) is 5.58. The number of amides is 1. The van der Waals surface area contributed by atoms with E-state index < -0.39 is 5.97 Å². The average Bonchev–Trinajstić information content (AvgIpc) is 2.54. The molecule has 0 aromatic heterocycles. The highest BCUT2D eigenvalue weighted by Crippen LogP contribution is 2.29. The lowest BCUT2D eigenvalue weighted by Crippen LogP contribution is -2.44. The van der Waals surface area contributed by atoms with Gasteiger partial charge in [0.2, 0.25) is 0 Å². The Morgan fingerprint density at radius 2 is 2.13 bits per heavy atom. The number of rotatable bonds is 4. The fourth-order valence-corrected chi connectivity index (χ4v) is 2.82. The van der Waals surface area contributed by atoms with E-state index in [9.17, 15) is 9.59 Å². The van der Waals surface area contributed by atoms with Crippen molar-refractivity contribution in [1.29, 1.82) is 0 Å². The number of piperidine rings is 1. The van der Waals surface area contributed by atoms with E-state index in [0.29, 0.717) is 12.2 Å². The van der Waals surface area contributed by atoms with E-state index in [0.717, 1.165) is 19.3 Å². The number of halogens is 1. The number of likely N-dealkylation sites (tertiary alicyclic amines) is 1. The monoisotopic (exact) mass is 340 g/mol. The molecule has 2 N–H and O–H groups in total. The molecular weight excluding hydrogens is 320 g/mol. The summed E-state index contributed by atoms with van der Waals surface area (Å²) >= 11 is 5.93. The quantitative estimate of drug-likeness (QED) is 0.672. The third-order valence-corrected chi connectivity index (χ3v) is 4.32. The molecule has 2 rings (SSSR count). The molecule has 1 heterocycles. The minimum absolute atomic E-state index is 0.145.